The normalized spacial score (nSPS) is 21.8. The molecule has 0 saturated heterocycles. The van der Waals surface area contributed by atoms with E-state index in [9.17, 15) is 4.79 Å². The summed E-state index contributed by atoms with van der Waals surface area (Å²) >= 11 is 0. The Bertz CT molecular complexity index is 612. The van der Waals surface area contributed by atoms with Gasteiger partial charge in [-0.15, -0.1) is 0 Å². The number of benzene rings is 2. The summed E-state index contributed by atoms with van der Waals surface area (Å²) in [4.78, 5) is 12.3. The third kappa shape index (κ3) is 3.30. The second-order valence-corrected chi connectivity index (χ2v) is 6.42. The van der Waals surface area contributed by atoms with E-state index in [0.717, 1.165) is 32.1 Å². The van der Waals surface area contributed by atoms with Gasteiger partial charge in [-0.2, -0.15) is 0 Å². The summed E-state index contributed by atoms with van der Waals surface area (Å²) in [5.74, 6) is 1.22. The van der Waals surface area contributed by atoms with Gasteiger partial charge in [0.15, 0.2) is 0 Å². The summed E-state index contributed by atoms with van der Waals surface area (Å²) in [5, 5.41) is 0. The summed E-state index contributed by atoms with van der Waals surface area (Å²) in [6.07, 6.45) is 5.14. The maximum Gasteiger partial charge on any atom is 0.136 e. The average molecular weight is 292 g/mol. The van der Waals surface area contributed by atoms with Crippen molar-refractivity contribution in [2.45, 2.75) is 44.9 Å². The topological polar surface area (TPSA) is 17.1 Å². The predicted molar refractivity (Wildman–Crippen MR) is 91.9 cm³/mol. The first kappa shape index (κ1) is 15.0. The van der Waals surface area contributed by atoms with Crippen LogP contribution >= 0.6 is 0 Å². The van der Waals surface area contributed by atoms with Crippen molar-refractivity contribution in [2.75, 3.05) is 0 Å². The molecule has 0 N–H and O–H groups in total. The van der Waals surface area contributed by atoms with Crippen LogP contribution in [0.1, 0.15) is 50.5 Å². The maximum absolute atomic E-state index is 12.3. The fraction of sp³-hybridized carbons (Fsp3) is 0.381. The fourth-order valence-corrected chi connectivity index (χ4v) is 3.59. The quantitative estimate of drug-likeness (QED) is 0.716. The first-order valence-electron chi connectivity index (χ1n) is 8.46. The molecule has 0 aromatic heterocycles. The van der Waals surface area contributed by atoms with E-state index in [1.54, 1.807) is 0 Å². The van der Waals surface area contributed by atoms with Crippen LogP contribution in [0.25, 0.3) is 11.1 Å². The molecule has 0 amide bonds. The summed E-state index contributed by atoms with van der Waals surface area (Å²) in [7, 11) is 0. The van der Waals surface area contributed by atoms with E-state index in [2.05, 4.69) is 55.5 Å². The highest BCUT2D eigenvalue weighted by Gasteiger charge is 2.28. The molecule has 0 aliphatic heterocycles. The van der Waals surface area contributed by atoms with Crippen LogP contribution in [0.2, 0.25) is 0 Å². The van der Waals surface area contributed by atoms with Crippen LogP contribution in [0, 0.1) is 5.92 Å². The molecule has 1 heteroatoms. The third-order valence-corrected chi connectivity index (χ3v) is 4.89. The molecular formula is C21H24O. The largest absolute Gasteiger partial charge is 0.299 e. The lowest BCUT2D eigenvalue weighted by Crippen LogP contribution is -2.23. The molecule has 1 aliphatic rings. The zero-order valence-corrected chi connectivity index (χ0v) is 13.3. The second-order valence-electron chi connectivity index (χ2n) is 6.42. The molecule has 2 atom stereocenters. The van der Waals surface area contributed by atoms with Gasteiger partial charge in [0.1, 0.15) is 5.78 Å². The van der Waals surface area contributed by atoms with Crippen LogP contribution in [0.3, 0.4) is 0 Å². The highest BCUT2D eigenvalue weighted by atomic mass is 16.1. The monoisotopic (exact) mass is 292 g/mol. The molecule has 2 aromatic rings. The van der Waals surface area contributed by atoms with Gasteiger partial charge in [-0.05, 0) is 41.9 Å². The van der Waals surface area contributed by atoms with Gasteiger partial charge in [0, 0.05) is 12.3 Å². The van der Waals surface area contributed by atoms with Crippen LogP contribution in [0.4, 0.5) is 0 Å². The molecule has 1 nitrogen and oxygen atoms in total. The first-order valence-corrected chi connectivity index (χ1v) is 8.46. The van der Waals surface area contributed by atoms with E-state index in [1.807, 2.05) is 6.07 Å². The Balaban J connectivity index is 1.70. The Morgan fingerprint density at radius 3 is 2.23 bits per heavy atom. The van der Waals surface area contributed by atoms with Crippen molar-refractivity contribution in [3.05, 3.63) is 60.2 Å². The van der Waals surface area contributed by atoms with Gasteiger partial charge in [0.05, 0.1) is 0 Å². The van der Waals surface area contributed by atoms with E-state index >= 15 is 0 Å². The molecule has 1 saturated carbocycles. The molecule has 2 unspecified atom stereocenters. The first-order chi connectivity index (χ1) is 10.8. The zero-order valence-electron chi connectivity index (χ0n) is 13.3. The number of carbonyl (C=O) groups excluding carboxylic acids is 1. The minimum absolute atomic E-state index is 0.324. The number of hydrogen-bond acceptors (Lipinski definition) is 1. The van der Waals surface area contributed by atoms with Gasteiger partial charge in [-0.3, -0.25) is 4.79 Å². The van der Waals surface area contributed by atoms with Crippen molar-refractivity contribution in [3.8, 4) is 11.1 Å². The van der Waals surface area contributed by atoms with E-state index < -0.39 is 0 Å². The third-order valence-electron chi connectivity index (χ3n) is 4.89. The Labute approximate surface area is 133 Å². The van der Waals surface area contributed by atoms with Crippen molar-refractivity contribution in [3.63, 3.8) is 0 Å². The van der Waals surface area contributed by atoms with Crippen LogP contribution in [0.15, 0.2) is 54.6 Å². The maximum atomic E-state index is 12.3. The minimum Gasteiger partial charge on any atom is -0.299 e. The van der Waals surface area contributed by atoms with Crippen LogP contribution in [0.5, 0.6) is 0 Å². The smallest absolute Gasteiger partial charge is 0.136 e. The van der Waals surface area contributed by atoms with Crippen LogP contribution in [-0.4, -0.2) is 5.78 Å². The Kier molecular flexibility index (Phi) is 4.72. The Morgan fingerprint density at radius 2 is 1.59 bits per heavy atom. The van der Waals surface area contributed by atoms with Gasteiger partial charge in [-0.1, -0.05) is 67.9 Å². The number of rotatable bonds is 4. The Hall–Kier alpha value is -1.89. The van der Waals surface area contributed by atoms with Crippen molar-refractivity contribution in [1.29, 1.82) is 0 Å². The fourth-order valence-electron chi connectivity index (χ4n) is 3.59. The summed E-state index contributed by atoms with van der Waals surface area (Å²) in [5.41, 5.74) is 3.81. The number of hydrogen-bond donors (Lipinski definition) is 0. The molecule has 2 aromatic carbocycles. The summed E-state index contributed by atoms with van der Waals surface area (Å²) in [6.45, 7) is 2.17. The SMILES string of the molecule is CCCC1CCC(c2ccc(-c3ccccc3)cc2)CC1=O. The average Bonchev–Trinajstić information content (AvgIpc) is 2.58. The van der Waals surface area contributed by atoms with Crippen LogP contribution in [-0.2, 0) is 4.79 Å². The molecule has 1 aliphatic carbocycles. The van der Waals surface area contributed by atoms with Crippen LogP contribution < -0.4 is 0 Å². The molecule has 114 valence electrons. The summed E-state index contributed by atoms with van der Waals surface area (Å²) in [6, 6.07) is 19.2. The predicted octanol–water partition coefficient (Wildman–Crippen LogP) is 5.61. The number of carbonyl (C=O) groups is 1. The highest BCUT2D eigenvalue weighted by molar-refractivity contribution is 5.82. The van der Waals surface area contributed by atoms with Gasteiger partial charge < -0.3 is 0 Å². The molecule has 1 fully saturated rings. The second kappa shape index (κ2) is 6.91. The molecule has 0 radical (unpaired) electrons. The minimum atomic E-state index is 0.324. The van der Waals surface area contributed by atoms with Crippen molar-refractivity contribution in [2.24, 2.45) is 5.92 Å². The van der Waals surface area contributed by atoms with Gasteiger partial charge in [0.2, 0.25) is 0 Å². The van der Waals surface area contributed by atoms with E-state index in [4.69, 9.17) is 0 Å². The lowest BCUT2D eigenvalue weighted by atomic mass is 9.76. The van der Waals surface area contributed by atoms with Gasteiger partial charge in [-0.25, -0.2) is 0 Å². The summed E-state index contributed by atoms with van der Waals surface area (Å²) < 4.78 is 0. The number of Topliss-reactive ketones (excluding diaryl/α,β-unsaturated/α-hetero) is 1. The molecule has 22 heavy (non-hydrogen) atoms. The molecule has 0 heterocycles. The van der Waals surface area contributed by atoms with Gasteiger partial charge >= 0.3 is 0 Å². The molecule has 0 bridgehead atoms. The van der Waals surface area contributed by atoms with E-state index in [0.29, 0.717) is 17.6 Å². The van der Waals surface area contributed by atoms with E-state index in [1.165, 1.54) is 16.7 Å². The molecular weight excluding hydrogens is 268 g/mol. The lowest BCUT2D eigenvalue weighted by molar-refractivity contribution is -0.125. The van der Waals surface area contributed by atoms with E-state index in [-0.39, 0.29) is 0 Å². The Morgan fingerprint density at radius 1 is 0.909 bits per heavy atom. The van der Waals surface area contributed by atoms with Crippen molar-refractivity contribution < 1.29 is 4.79 Å². The van der Waals surface area contributed by atoms with Gasteiger partial charge in [0.25, 0.3) is 0 Å². The van der Waals surface area contributed by atoms with Crippen molar-refractivity contribution >= 4 is 5.78 Å². The number of ketones is 1. The standard InChI is InChI=1S/C21H24O/c1-2-6-19-13-14-20(15-21(19)22)18-11-9-17(10-12-18)16-7-4-3-5-8-16/h3-5,7-12,19-20H,2,6,13-15H2,1H3. The molecule has 0 spiro atoms. The zero-order chi connectivity index (χ0) is 15.4. The highest BCUT2D eigenvalue weighted by Crippen LogP contribution is 2.36. The van der Waals surface area contributed by atoms with Crippen molar-refractivity contribution in [1.82, 2.24) is 0 Å². The molecule has 3 rings (SSSR count). The lowest BCUT2D eigenvalue weighted by Gasteiger charge is -2.27.